The molecule has 0 fully saturated rings. The van der Waals surface area contributed by atoms with Crippen LogP contribution in [0.3, 0.4) is 0 Å². The number of fused-ring (bicyclic) bond motifs is 1. The summed E-state index contributed by atoms with van der Waals surface area (Å²) in [7, 11) is 1.69. The lowest BCUT2D eigenvalue weighted by Crippen LogP contribution is -2.17. The Morgan fingerprint density at radius 3 is 2.74 bits per heavy atom. The van der Waals surface area contributed by atoms with Crippen molar-refractivity contribution in [2.45, 2.75) is 6.54 Å². The molecule has 0 saturated carbocycles. The molecule has 0 N–H and O–H groups in total. The van der Waals surface area contributed by atoms with E-state index in [1.54, 1.807) is 11.7 Å². The number of benzene rings is 1. The summed E-state index contributed by atoms with van der Waals surface area (Å²) in [6.45, 7) is 0.612. The molecule has 3 rings (SSSR count). The summed E-state index contributed by atoms with van der Waals surface area (Å²) in [6, 6.07) is 10.0. The second-order valence-electron chi connectivity index (χ2n) is 4.29. The first-order valence-electron chi connectivity index (χ1n) is 5.78. The molecule has 0 aliphatic rings. The molecule has 0 aliphatic heterocycles. The molecule has 6 heteroatoms. The standard InChI is InChI=1S/C13H11IN4O/c1-17-8-15-12-10(13(17)19)11(14)16-18(12)7-9-5-3-2-4-6-9/h2-6,8H,7H2,1H3. The third kappa shape index (κ3) is 2.16. The smallest absolute Gasteiger partial charge is 0.265 e. The van der Waals surface area contributed by atoms with Crippen molar-refractivity contribution < 1.29 is 0 Å². The molecule has 5 nitrogen and oxygen atoms in total. The van der Waals surface area contributed by atoms with Crippen molar-refractivity contribution >= 4 is 33.6 Å². The summed E-state index contributed by atoms with van der Waals surface area (Å²) >= 11 is 2.08. The van der Waals surface area contributed by atoms with Gasteiger partial charge < -0.3 is 4.57 Å². The van der Waals surface area contributed by atoms with Gasteiger partial charge in [0, 0.05) is 7.05 Å². The number of hydrogen-bond donors (Lipinski definition) is 0. The minimum absolute atomic E-state index is 0.0614. The molecule has 2 heterocycles. The summed E-state index contributed by atoms with van der Waals surface area (Å²) in [6.07, 6.45) is 1.53. The topological polar surface area (TPSA) is 52.7 Å². The van der Waals surface area contributed by atoms with E-state index in [4.69, 9.17) is 0 Å². The first-order chi connectivity index (χ1) is 9.16. The molecule has 96 valence electrons. The highest BCUT2D eigenvalue weighted by molar-refractivity contribution is 14.1. The predicted molar refractivity (Wildman–Crippen MR) is 81.0 cm³/mol. The van der Waals surface area contributed by atoms with E-state index in [2.05, 4.69) is 32.7 Å². The Labute approximate surface area is 123 Å². The highest BCUT2D eigenvalue weighted by Crippen LogP contribution is 2.15. The number of halogens is 1. The molecule has 0 unspecified atom stereocenters. The second kappa shape index (κ2) is 4.76. The Morgan fingerprint density at radius 2 is 2.00 bits per heavy atom. The van der Waals surface area contributed by atoms with Crippen LogP contribution in [0.2, 0.25) is 0 Å². The van der Waals surface area contributed by atoms with Crippen molar-refractivity contribution in [3.05, 3.63) is 56.3 Å². The Balaban J connectivity index is 2.16. The first kappa shape index (κ1) is 12.3. The van der Waals surface area contributed by atoms with Gasteiger partial charge in [-0.3, -0.25) is 4.79 Å². The van der Waals surface area contributed by atoms with Crippen LogP contribution in [0.25, 0.3) is 11.0 Å². The molecule has 3 aromatic rings. The van der Waals surface area contributed by atoms with E-state index in [1.807, 2.05) is 30.3 Å². The number of aromatic nitrogens is 4. The summed E-state index contributed by atoms with van der Waals surface area (Å²) < 4.78 is 3.93. The molecule has 0 atom stereocenters. The van der Waals surface area contributed by atoms with E-state index in [1.165, 1.54) is 10.9 Å². The maximum atomic E-state index is 12.1. The molecule has 0 spiro atoms. The van der Waals surface area contributed by atoms with Crippen LogP contribution in [0.5, 0.6) is 0 Å². The fourth-order valence-corrected chi connectivity index (χ4v) is 2.71. The quantitative estimate of drug-likeness (QED) is 0.650. The Kier molecular flexibility index (Phi) is 3.09. The minimum Gasteiger partial charge on any atom is -0.302 e. The molecule has 1 aromatic carbocycles. The molecule has 2 aromatic heterocycles. The molecule has 0 radical (unpaired) electrons. The minimum atomic E-state index is -0.0614. The molecule has 0 amide bonds. The van der Waals surface area contributed by atoms with Crippen LogP contribution in [0.1, 0.15) is 5.56 Å². The highest BCUT2D eigenvalue weighted by Gasteiger charge is 2.14. The van der Waals surface area contributed by atoms with Crippen molar-refractivity contribution in [2.75, 3.05) is 0 Å². The summed E-state index contributed by atoms with van der Waals surface area (Å²) in [5, 5.41) is 5.00. The lowest BCUT2D eigenvalue weighted by atomic mass is 10.2. The Hall–Kier alpha value is -1.70. The van der Waals surface area contributed by atoms with Crippen molar-refractivity contribution in [3.8, 4) is 0 Å². The van der Waals surface area contributed by atoms with Gasteiger partial charge in [-0.1, -0.05) is 30.3 Å². The maximum absolute atomic E-state index is 12.1. The van der Waals surface area contributed by atoms with Crippen molar-refractivity contribution in [2.24, 2.45) is 7.05 Å². The fourth-order valence-electron chi connectivity index (χ4n) is 1.98. The monoisotopic (exact) mass is 366 g/mol. The Morgan fingerprint density at radius 1 is 1.26 bits per heavy atom. The van der Waals surface area contributed by atoms with Gasteiger partial charge >= 0.3 is 0 Å². The summed E-state index contributed by atoms with van der Waals surface area (Å²) in [4.78, 5) is 16.4. The summed E-state index contributed by atoms with van der Waals surface area (Å²) in [5.41, 5.74) is 1.70. The van der Waals surface area contributed by atoms with Crippen LogP contribution in [-0.4, -0.2) is 19.3 Å². The van der Waals surface area contributed by atoms with Crippen molar-refractivity contribution in [3.63, 3.8) is 0 Å². The average Bonchev–Trinajstić information content (AvgIpc) is 2.72. The van der Waals surface area contributed by atoms with E-state index in [0.29, 0.717) is 21.3 Å². The predicted octanol–water partition coefficient (Wildman–Crippen LogP) is 1.78. The van der Waals surface area contributed by atoms with Gasteiger partial charge in [-0.2, -0.15) is 5.10 Å². The van der Waals surface area contributed by atoms with Gasteiger partial charge in [0.25, 0.3) is 5.56 Å². The zero-order valence-electron chi connectivity index (χ0n) is 10.2. The van der Waals surface area contributed by atoms with Crippen LogP contribution in [0, 0.1) is 3.70 Å². The zero-order valence-corrected chi connectivity index (χ0v) is 12.4. The first-order valence-corrected chi connectivity index (χ1v) is 6.86. The molecular formula is C13H11IN4O. The largest absolute Gasteiger partial charge is 0.302 e. The van der Waals surface area contributed by atoms with E-state index < -0.39 is 0 Å². The van der Waals surface area contributed by atoms with Crippen molar-refractivity contribution in [1.82, 2.24) is 19.3 Å². The average molecular weight is 366 g/mol. The van der Waals surface area contributed by atoms with Gasteiger partial charge in [-0.25, -0.2) is 9.67 Å². The van der Waals surface area contributed by atoms with E-state index in [-0.39, 0.29) is 5.56 Å². The van der Waals surface area contributed by atoms with E-state index in [9.17, 15) is 4.79 Å². The van der Waals surface area contributed by atoms with Crippen molar-refractivity contribution in [1.29, 1.82) is 0 Å². The number of aryl methyl sites for hydroxylation is 1. The van der Waals surface area contributed by atoms with Crippen LogP contribution in [0.15, 0.2) is 41.5 Å². The third-order valence-electron chi connectivity index (χ3n) is 2.95. The fraction of sp³-hybridized carbons (Fsp3) is 0.154. The lowest BCUT2D eigenvalue weighted by Gasteiger charge is -2.03. The lowest BCUT2D eigenvalue weighted by molar-refractivity contribution is 0.695. The van der Waals surface area contributed by atoms with Gasteiger partial charge in [0.2, 0.25) is 0 Å². The Bertz CT molecular complexity index is 792. The van der Waals surface area contributed by atoms with Gasteiger partial charge in [-0.15, -0.1) is 0 Å². The van der Waals surface area contributed by atoms with Gasteiger partial charge in [0.1, 0.15) is 9.09 Å². The number of hydrogen-bond acceptors (Lipinski definition) is 3. The van der Waals surface area contributed by atoms with Gasteiger partial charge in [0.15, 0.2) is 5.65 Å². The normalized spacial score (nSPS) is 11.1. The molecule has 19 heavy (non-hydrogen) atoms. The molecule has 0 bridgehead atoms. The van der Waals surface area contributed by atoms with Crippen LogP contribution in [-0.2, 0) is 13.6 Å². The molecule has 0 saturated heterocycles. The van der Waals surface area contributed by atoms with E-state index >= 15 is 0 Å². The molecular weight excluding hydrogens is 355 g/mol. The van der Waals surface area contributed by atoms with Gasteiger partial charge in [0.05, 0.1) is 12.9 Å². The summed E-state index contributed by atoms with van der Waals surface area (Å²) in [5.74, 6) is 0. The highest BCUT2D eigenvalue weighted by atomic mass is 127. The SMILES string of the molecule is Cn1cnc2c(c(I)nn2Cc2ccccc2)c1=O. The van der Waals surface area contributed by atoms with Crippen LogP contribution >= 0.6 is 22.6 Å². The molecule has 0 aliphatic carbocycles. The second-order valence-corrected chi connectivity index (χ2v) is 5.32. The number of nitrogens with zero attached hydrogens (tertiary/aromatic N) is 4. The van der Waals surface area contributed by atoms with Gasteiger partial charge in [-0.05, 0) is 28.2 Å². The zero-order chi connectivity index (χ0) is 13.4. The van der Waals surface area contributed by atoms with Crippen LogP contribution in [0.4, 0.5) is 0 Å². The number of rotatable bonds is 2. The van der Waals surface area contributed by atoms with Crippen LogP contribution < -0.4 is 5.56 Å². The third-order valence-corrected chi connectivity index (χ3v) is 3.70. The van der Waals surface area contributed by atoms with E-state index in [0.717, 1.165) is 5.56 Å². The maximum Gasteiger partial charge on any atom is 0.265 e.